The first-order valence-corrected chi connectivity index (χ1v) is 4.72. The smallest absolute Gasteiger partial charge is 0.259 e. The van der Waals surface area contributed by atoms with Crippen LogP contribution in [0.2, 0.25) is 5.02 Å². The van der Waals surface area contributed by atoms with Crippen LogP contribution < -0.4 is 4.74 Å². The molecular formula is C10H9ClN2O2. The van der Waals surface area contributed by atoms with Gasteiger partial charge in [-0.3, -0.25) is 0 Å². The molecule has 0 radical (unpaired) electrons. The van der Waals surface area contributed by atoms with Gasteiger partial charge in [-0.2, -0.15) is 4.98 Å². The Balaban J connectivity index is 2.45. The number of halogens is 1. The summed E-state index contributed by atoms with van der Waals surface area (Å²) in [5, 5.41) is 4.23. The zero-order valence-corrected chi connectivity index (χ0v) is 9.08. The molecule has 2 rings (SSSR count). The third-order valence-electron chi connectivity index (χ3n) is 1.93. The van der Waals surface area contributed by atoms with Crippen LogP contribution in [0.1, 0.15) is 5.82 Å². The number of nitrogens with zero attached hydrogens (tertiary/aromatic N) is 2. The Labute approximate surface area is 91.8 Å². The van der Waals surface area contributed by atoms with Crippen molar-refractivity contribution in [3.63, 3.8) is 0 Å². The summed E-state index contributed by atoms with van der Waals surface area (Å²) in [6.07, 6.45) is 0. The summed E-state index contributed by atoms with van der Waals surface area (Å²) in [4.78, 5) is 4.09. The second kappa shape index (κ2) is 3.90. The molecule has 0 fully saturated rings. The average molecular weight is 225 g/mol. The highest BCUT2D eigenvalue weighted by atomic mass is 35.5. The summed E-state index contributed by atoms with van der Waals surface area (Å²) in [6.45, 7) is 1.75. The quantitative estimate of drug-likeness (QED) is 0.787. The molecular weight excluding hydrogens is 216 g/mol. The van der Waals surface area contributed by atoms with Crippen LogP contribution in [0.15, 0.2) is 22.7 Å². The largest absolute Gasteiger partial charge is 0.497 e. The molecule has 0 bridgehead atoms. The molecule has 2 aromatic rings. The second-order valence-electron chi connectivity index (χ2n) is 2.99. The maximum Gasteiger partial charge on any atom is 0.259 e. The fraction of sp³-hybridized carbons (Fsp3) is 0.200. The topological polar surface area (TPSA) is 48.2 Å². The van der Waals surface area contributed by atoms with Gasteiger partial charge in [-0.25, -0.2) is 0 Å². The van der Waals surface area contributed by atoms with Crippen LogP contribution >= 0.6 is 11.6 Å². The molecule has 0 saturated heterocycles. The maximum atomic E-state index is 6.04. The van der Waals surface area contributed by atoms with Crippen molar-refractivity contribution in [2.75, 3.05) is 7.11 Å². The van der Waals surface area contributed by atoms with Crippen molar-refractivity contribution in [1.82, 2.24) is 10.1 Å². The summed E-state index contributed by atoms with van der Waals surface area (Å²) in [7, 11) is 1.59. The van der Waals surface area contributed by atoms with Gasteiger partial charge in [-0.15, -0.1) is 0 Å². The molecule has 0 N–H and O–H groups in total. The third-order valence-corrected chi connectivity index (χ3v) is 2.25. The van der Waals surface area contributed by atoms with E-state index in [4.69, 9.17) is 20.9 Å². The molecule has 0 aliphatic carbocycles. The van der Waals surface area contributed by atoms with E-state index in [-0.39, 0.29) is 0 Å². The number of aryl methyl sites for hydroxylation is 1. The van der Waals surface area contributed by atoms with Gasteiger partial charge >= 0.3 is 0 Å². The Morgan fingerprint density at radius 3 is 2.73 bits per heavy atom. The van der Waals surface area contributed by atoms with E-state index in [1.165, 1.54) is 0 Å². The Morgan fingerprint density at radius 1 is 1.40 bits per heavy atom. The van der Waals surface area contributed by atoms with Crippen molar-refractivity contribution in [3.05, 3.63) is 29.0 Å². The third kappa shape index (κ3) is 1.94. The predicted octanol–water partition coefficient (Wildman–Crippen LogP) is 2.71. The van der Waals surface area contributed by atoms with Gasteiger partial charge in [-0.05, 0) is 25.1 Å². The molecule has 15 heavy (non-hydrogen) atoms. The number of hydrogen-bond acceptors (Lipinski definition) is 4. The van der Waals surface area contributed by atoms with Crippen molar-refractivity contribution in [2.45, 2.75) is 6.92 Å². The first-order chi connectivity index (χ1) is 7.20. The van der Waals surface area contributed by atoms with Crippen molar-refractivity contribution < 1.29 is 9.26 Å². The molecule has 1 aromatic heterocycles. The van der Waals surface area contributed by atoms with E-state index < -0.39 is 0 Å². The minimum atomic E-state index is 0.417. The highest BCUT2D eigenvalue weighted by molar-refractivity contribution is 6.33. The number of benzene rings is 1. The fourth-order valence-corrected chi connectivity index (χ4v) is 1.45. The van der Waals surface area contributed by atoms with Crippen LogP contribution in [0.4, 0.5) is 0 Å². The zero-order chi connectivity index (χ0) is 10.8. The molecule has 0 unspecified atom stereocenters. The molecule has 1 aromatic carbocycles. The number of methoxy groups -OCH3 is 1. The van der Waals surface area contributed by atoms with E-state index in [9.17, 15) is 0 Å². The van der Waals surface area contributed by atoms with Gasteiger partial charge < -0.3 is 9.26 Å². The predicted molar refractivity (Wildman–Crippen MR) is 56.0 cm³/mol. The molecule has 1 heterocycles. The van der Waals surface area contributed by atoms with E-state index in [1.54, 1.807) is 32.2 Å². The van der Waals surface area contributed by atoms with Crippen molar-refractivity contribution >= 4 is 11.6 Å². The Bertz CT molecular complexity index is 482. The zero-order valence-electron chi connectivity index (χ0n) is 8.32. The number of hydrogen-bond donors (Lipinski definition) is 0. The molecule has 0 amide bonds. The molecule has 78 valence electrons. The Kier molecular flexibility index (Phi) is 2.60. The first-order valence-electron chi connectivity index (χ1n) is 4.35. The molecule has 0 atom stereocenters. The lowest BCUT2D eigenvalue weighted by Crippen LogP contribution is -1.85. The van der Waals surface area contributed by atoms with E-state index in [0.717, 1.165) is 0 Å². The van der Waals surface area contributed by atoms with Gasteiger partial charge in [0, 0.05) is 0 Å². The summed E-state index contributed by atoms with van der Waals surface area (Å²) in [6, 6.07) is 5.28. The highest BCUT2D eigenvalue weighted by Gasteiger charge is 2.10. The van der Waals surface area contributed by atoms with Gasteiger partial charge in [0.2, 0.25) is 0 Å². The van der Waals surface area contributed by atoms with Gasteiger partial charge in [0.05, 0.1) is 17.7 Å². The van der Waals surface area contributed by atoms with Crippen molar-refractivity contribution in [3.8, 4) is 17.2 Å². The summed E-state index contributed by atoms with van der Waals surface area (Å²) in [5.74, 6) is 1.69. The monoisotopic (exact) mass is 224 g/mol. The normalized spacial score (nSPS) is 10.3. The minimum Gasteiger partial charge on any atom is -0.497 e. The lowest BCUT2D eigenvalue weighted by atomic mass is 10.2. The summed E-state index contributed by atoms with van der Waals surface area (Å²) >= 11 is 6.04. The minimum absolute atomic E-state index is 0.417. The Hall–Kier alpha value is -1.55. The number of aromatic nitrogens is 2. The van der Waals surface area contributed by atoms with E-state index >= 15 is 0 Å². The van der Waals surface area contributed by atoms with E-state index in [1.807, 2.05) is 0 Å². The molecule has 0 saturated carbocycles. The van der Waals surface area contributed by atoms with Crippen molar-refractivity contribution in [2.24, 2.45) is 0 Å². The van der Waals surface area contributed by atoms with Crippen molar-refractivity contribution in [1.29, 1.82) is 0 Å². The van der Waals surface area contributed by atoms with E-state index in [0.29, 0.717) is 28.1 Å². The molecule has 4 nitrogen and oxygen atoms in total. The van der Waals surface area contributed by atoms with Crippen LogP contribution in [0.3, 0.4) is 0 Å². The summed E-state index contributed by atoms with van der Waals surface area (Å²) < 4.78 is 10.1. The van der Waals surface area contributed by atoms with Crippen LogP contribution in [-0.2, 0) is 0 Å². The van der Waals surface area contributed by atoms with Gasteiger partial charge in [0.1, 0.15) is 5.75 Å². The molecule has 5 heteroatoms. The SMILES string of the molecule is COc1ccc(-c2nc(C)no2)c(Cl)c1. The van der Waals surface area contributed by atoms with E-state index in [2.05, 4.69) is 10.1 Å². The van der Waals surface area contributed by atoms with Crippen LogP contribution in [-0.4, -0.2) is 17.3 Å². The number of rotatable bonds is 2. The highest BCUT2D eigenvalue weighted by Crippen LogP contribution is 2.29. The van der Waals surface area contributed by atoms with Crippen LogP contribution in [0, 0.1) is 6.92 Å². The first kappa shape index (κ1) is 9.98. The maximum absolute atomic E-state index is 6.04. The molecule has 0 aliphatic rings. The molecule has 0 spiro atoms. The lowest BCUT2D eigenvalue weighted by molar-refractivity contribution is 0.414. The fourth-order valence-electron chi connectivity index (χ4n) is 1.20. The second-order valence-corrected chi connectivity index (χ2v) is 3.40. The summed E-state index contributed by atoms with van der Waals surface area (Å²) in [5.41, 5.74) is 0.707. The standard InChI is InChI=1S/C10H9ClN2O2/c1-6-12-10(15-13-6)8-4-3-7(14-2)5-9(8)11/h3-5H,1-2H3. The Morgan fingerprint density at radius 2 is 2.20 bits per heavy atom. The average Bonchev–Trinajstić information content (AvgIpc) is 2.64. The number of ether oxygens (including phenoxy) is 1. The van der Waals surface area contributed by atoms with Gasteiger partial charge in [-0.1, -0.05) is 16.8 Å². The van der Waals surface area contributed by atoms with Crippen LogP contribution in [0.25, 0.3) is 11.5 Å². The van der Waals surface area contributed by atoms with Crippen LogP contribution in [0.5, 0.6) is 5.75 Å². The van der Waals surface area contributed by atoms with Gasteiger partial charge in [0.25, 0.3) is 5.89 Å². The van der Waals surface area contributed by atoms with Gasteiger partial charge in [0.15, 0.2) is 5.82 Å². The molecule has 0 aliphatic heterocycles. The lowest BCUT2D eigenvalue weighted by Gasteiger charge is -2.02.